The molecule has 90 valence electrons. The number of aromatic amines is 1. The van der Waals surface area contributed by atoms with Crippen molar-refractivity contribution in [3.05, 3.63) is 59.1 Å². The van der Waals surface area contributed by atoms with Crippen LogP contribution < -0.4 is 0 Å². The molecule has 0 fully saturated rings. The lowest BCUT2D eigenvalue weighted by Crippen LogP contribution is -1.99. The van der Waals surface area contributed by atoms with Crippen molar-refractivity contribution in [1.29, 1.82) is 0 Å². The molecule has 0 spiro atoms. The Morgan fingerprint density at radius 2 is 2.00 bits per heavy atom. The summed E-state index contributed by atoms with van der Waals surface area (Å²) in [6.07, 6.45) is 2.60. The lowest BCUT2D eigenvalue weighted by Gasteiger charge is -2.09. The summed E-state index contributed by atoms with van der Waals surface area (Å²) in [7, 11) is 0. The number of aromatic nitrogens is 3. The molecule has 1 atom stereocenters. The van der Waals surface area contributed by atoms with Crippen LogP contribution in [0.3, 0.4) is 0 Å². The molecule has 1 aromatic carbocycles. The van der Waals surface area contributed by atoms with Crippen LogP contribution in [0.2, 0.25) is 5.28 Å². The SMILES string of the molecule is OC(c1ccccc1)c1c[nH]c2cnc(Cl)nc12. The van der Waals surface area contributed by atoms with E-state index < -0.39 is 6.10 Å². The van der Waals surface area contributed by atoms with Crippen LogP contribution in [0, 0.1) is 0 Å². The summed E-state index contributed by atoms with van der Waals surface area (Å²) in [6.45, 7) is 0. The van der Waals surface area contributed by atoms with Crippen LogP contribution in [-0.2, 0) is 0 Å². The van der Waals surface area contributed by atoms with E-state index in [0.717, 1.165) is 11.1 Å². The van der Waals surface area contributed by atoms with Gasteiger partial charge in [-0.3, -0.25) is 0 Å². The van der Waals surface area contributed by atoms with Gasteiger partial charge in [-0.25, -0.2) is 9.97 Å². The van der Waals surface area contributed by atoms with E-state index in [2.05, 4.69) is 15.0 Å². The first kappa shape index (κ1) is 11.2. The summed E-state index contributed by atoms with van der Waals surface area (Å²) < 4.78 is 0. The van der Waals surface area contributed by atoms with Crippen LogP contribution in [0.5, 0.6) is 0 Å². The summed E-state index contributed by atoms with van der Waals surface area (Å²) in [5.41, 5.74) is 2.91. The quantitative estimate of drug-likeness (QED) is 0.696. The maximum Gasteiger partial charge on any atom is 0.223 e. The Morgan fingerprint density at radius 1 is 1.22 bits per heavy atom. The van der Waals surface area contributed by atoms with Gasteiger partial charge >= 0.3 is 0 Å². The van der Waals surface area contributed by atoms with E-state index in [9.17, 15) is 5.11 Å². The van der Waals surface area contributed by atoms with Crippen molar-refractivity contribution in [2.75, 3.05) is 0 Å². The molecule has 5 heteroatoms. The number of hydrogen-bond donors (Lipinski definition) is 2. The van der Waals surface area contributed by atoms with Crippen LogP contribution >= 0.6 is 11.6 Å². The van der Waals surface area contributed by atoms with Crippen molar-refractivity contribution in [2.45, 2.75) is 6.10 Å². The third-order valence-electron chi connectivity index (χ3n) is 2.83. The van der Waals surface area contributed by atoms with Gasteiger partial charge in [0.2, 0.25) is 5.28 Å². The number of aliphatic hydroxyl groups excluding tert-OH is 1. The predicted molar refractivity (Wildman–Crippen MR) is 69.4 cm³/mol. The minimum atomic E-state index is -0.731. The van der Waals surface area contributed by atoms with Crippen molar-refractivity contribution in [1.82, 2.24) is 15.0 Å². The van der Waals surface area contributed by atoms with E-state index in [4.69, 9.17) is 11.6 Å². The van der Waals surface area contributed by atoms with E-state index in [1.54, 1.807) is 12.4 Å². The van der Waals surface area contributed by atoms with Gasteiger partial charge in [0.1, 0.15) is 6.10 Å². The highest BCUT2D eigenvalue weighted by molar-refractivity contribution is 6.28. The third kappa shape index (κ3) is 1.85. The van der Waals surface area contributed by atoms with E-state index >= 15 is 0 Å². The molecule has 1 unspecified atom stereocenters. The van der Waals surface area contributed by atoms with Crippen molar-refractivity contribution >= 4 is 22.6 Å². The van der Waals surface area contributed by atoms with Gasteiger partial charge in [0.05, 0.1) is 17.2 Å². The number of aliphatic hydroxyl groups is 1. The summed E-state index contributed by atoms with van der Waals surface area (Å²) in [4.78, 5) is 11.1. The lowest BCUT2D eigenvalue weighted by atomic mass is 10.0. The minimum absolute atomic E-state index is 0.170. The second kappa shape index (κ2) is 4.40. The highest BCUT2D eigenvalue weighted by Gasteiger charge is 2.16. The number of benzene rings is 1. The Hall–Kier alpha value is -1.91. The maximum atomic E-state index is 10.3. The van der Waals surface area contributed by atoms with E-state index in [-0.39, 0.29) is 5.28 Å². The monoisotopic (exact) mass is 259 g/mol. The Balaban J connectivity index is 2.12. The number of nitrogens with one attached hydrogen (secondary N) is 1. The smallest absolute Gasteiger partial charge is 0.223 e. The predicted octanol–water partition coefficient (Wildman–Crippen LogP) is 2.69. The van der Waals surface area contributed by atoms with Crippen molar-refractivity contribution in [3.63, 3.8) is 0 Å². The number of H-pyrrole nitrogens is 1. The van der Waals surface area contributed by atoms with E-state index in [0.29, 0.717) is 11.1 Å². The number of rotatable bonds is 2. The van der Waals surface area contributed by atoms with Gasteiger partial charge in [-0.15, -0.1) is 0 Å². The third-order valence-corrected chi connectivity index (χ3v) is 3.01. The fourth-order valence-corrected chi connectivity index (χ4v) is 2.07. The van der Waals surface area contributed by atoms with Gasteiger partial charge in [-0.05, 0) is 17.2 Å². The van der Waals surface area contributed by atoms with Crippen LogP contribution in [0.25, 0.3) is 11.0 Å². The highest BCUT2D eigenvalue weighted by atomic mass is 35.5. The molecule has 0 radical (unpaired) electrons. The standard InChI is InChI=1S/C13H10ClN3O/c14-13-16-7-10-11(17-13)9(6-15-10)12(18)8-4-2-1-3-5-8/h1-7,12,15,18H. The van der Waals surface area contributed by atoms with E-state index in [1.807, 2.05) is 30.3 Å². The zero-order valence-electron chi connectivity index (χ0n) is 9.34. The molecule has 0 saturated carbocycles. The number of fused-ring (bicyclic) bond motifs is 1. The summed E-state index contributed by atoms with van der Waals surface area (Å²) in [5, 5.41) is 10.5. The molecule has 2 aromatic heterocycles. The zero-order valence-corrected chi connectivity index (χ0v) is 10.1. The van der Waals surface area contributed by atoms with Gasteiger partial charge in [-0.2, -0.15) is 0 Å². The molecule has 3 rings (SSSR count). The maximum absolute atomic E-state index is 10.3. The Morgan fingerprint density at radius 3 is 2.78 bits per heavy atom. The highest BCUT2D eigenvalue weighted by Crippen LogP contribution is 2.27. The molecule has 0 saturated heterocycles. The summed E-state index contributed by atoms with van der Waals surface area (Å²) >= 11 is 5.78. The molecule has 18 heavy (non-hydrogen) atoms. The normalized spacial score (nSPS) is 12.8. The molecule has 2 heterocycles. The van der Waals surface area contributed by atoms with Crippen molar-refractivity contribution in [3.8, 4) is 0 Å². The molecule has 0 aliphatic carbocycles. The van der Waals surface area contributed by atoms with Gasteiger partial charge < -0.3 is 10.1 Å². The molecule has 0 amide bonds. The molecule has 0 bridgehead atoms. The first-order chi connectivity index (χ1) is 8.75. The average molecular weight is 260 g/mol. The Bertz CT molecular complexity index is 681. The molecule has 3 aromatic rings. The summed E-state index contributed by atoms with van der Waals surface area (Å²) in [5.74, 6) is 0. The van der Waals surface area contributed by atoms with Gasteiger partial charge in [-0.1, -0.05) is 30.3 Å². The first-order valence-electron chi connectivity index (χ1n) is 5.48. The number of nitrogens with zero attached hydrogens (tertiary/aromatic N) is 2. The minimum Gasteiger partial charge on any atom is -0.384 e. The van der Waals surface area contributed by atoms with E-state index in [1.165, 1.54) is 0 Å². The van der Waals surface area contributed by atoms with Gasteiger partial charge in [0.25, 0.3) is 0 Å². The topological polar surface area (TPSA) is 61.8 Å². The van der Waals surface area contributed by atoms with Gasteiger partial charge in [0.15, 0.2) is 0 Å². The van der Waals surface area contributed by atoms with Crippen LogP contribution in [0.15, 0.2) is 42.7 Å². The molecule has 2 N–H and O–H groups in total. The second-order valence-corrected chi connectivity index (χ2v) is 4.30. The molecular formula is C13H10ClN3O. The van der Waals surface area contributed by atoms with Crippen molar-refractivity contribution in [2.24, 2.45) is 0 Å². The molecular weight excluding hydrogens is 250 g/mol. The van der Waals surface area contributed by atoms with Crippen LogP contribution in [-0.4, -0.2) is 20.1 Å². The number of halogens is 1. The Kier molecular flexibility index (Phi) is 2.74. The lowest BCUT2D eigenvalue weighted by molar-refractivity contribution is 0.221. The van der Waals surface area contributed by atoms with Crippen LogP contribution in [0.4, 0.5) is 0 Å². The second-order valence-electron chi connectivity index (χ2n) is 3.96. The molecule has 4 nitrogen and oxygen atoms in total. The van der Waals surface area contributed by atoms with Crippen molar-refractivity contribution < 1.29 is 5.11 Å². The first-order valence-corrected chi connectivity index (χ1v) is 5.86. The largest absolute Gasteiger partial charge is 0.384 e. The van der Waals surface area contributed by atoms with Crippen LogP contribution in [0.1, 0.15) is 17.2 Å². The fraction of sp³-hybridized carbons (Fsp3) is 0.0769. The molecule has 0 aliphatic heterocycles. The number of hydrogen-bond acceptors (Lipinski definition) is 3. The summed E-state index contributed by atoms with van der Waals surface area (Å²) in [6, 6.07) is 9.41. The fourth-order valence-electron chi connectivity index (χ4n) is 1.93. The molecule has 0 aliphatic rings. The zero-order chi connectivity index (χ0) is 12.5. The Labute approximate surface area is 108 Å². The van der Waals surface area contributed by atoms with Gasteiger partial charge in [0, 0.05) is 11.8 Å². The average Bonchev–Trinajstić information content (AvgIpc) is 2.82.